The van der Waals surface area contributed by atoms with Crippen LogP contribution >= 0.6 is 0 Å². The number of amides is 1. The number of nitrogens with one attached hydrogen (secondary N) is 2. The maximum Gasteiger partial charge on any atom is 0.240 e. The van der Waals surface area contributed by atoms with E-state index in [9.17, 15) is 22.0 Å². The van der Waals surface area contributed by atoms with Crippen molar-refractivity contribution in [1.29, 1.82) is 0 Å². The Bertz CT molecular complexity index is 950. The molecule has 27 heavy (non-hydrogen) atoms. The second kappa shape index (κ2) is 8.01. The van der Waals surface area contributed by atoms with Gasteiger partial charge < -0.3 is 10.1 Å². The molecule has 1 aliphatic rings. The minimum absolute atomic E-state index is 0.0948. The first-order valence-corrected chi connectivity index (χ1v) is 9.81. The van der Waals surface area contributed by atoms with E-state index in [4.69, 9.17) is 4.74 Å². The van der Waals surface area contributed by atoms with Crippen LogP contribution in [0.25, 0.3) is 0 Å². The first-order chi connectivity index (χ1) is 12.9. The highest BCUT2D eigenvalue weighted by Gasteiger charge is 2.23. The summed E-state index contributed by atoms with van der Waals surface area (Å²) >= 11 is 0. The molecule has 1 heterocycles. The lowest BCUT2D eigenvalue weighted by molar-refractivity contribution is -0.121. The van der Waals surface area contributed by atoms with E-state index in [-0.39, 0.29) is 24.9 Å². The number of halogens is 2. The summed E-state index contributed by atoms with van der Waals surface area (Å²) in [5, 5.41) is 2.85. The molecule has 0 bridgehead atoms. The van der Waals surface area contributed by atoms with Gasteiger partial charge in [0.25, 0.3) is 0 Å². The van der Waals surface area contributed by atoms with Crippen LogP contribution in [0.15, 0.2) is 47.4 Å². The first-order valence-electron chi connectivity index (χ1n) is 8.32. The Morgan fingerprint density at radius 2 is 1.93 bits per heavy atom. The smallest absolute Gasteiger partial charge is 0.240 e. The third-order valence-electron chi connectivity index (χ3n) is 4.14. The Kier molecular flexibility index (Phi) is 5.71. The Labute approximate surface area is 155 Å². The van der Waals surface area contributed by atoms with E-state index in [0.29, 0.717) is 24.8 Å². The van der Waals surface area contributed by atoms with Gasteiger partial charge in [0.2, 0.25) is 15.9 Å². The van der Waals surface area contributed by atoms with Crippen molar-refractivity contribution >= 4 is 15.9 Å². The number of para-hydroxylation sites is 1. The maximum absolute atomic E-state index is 13.2. The van der Waals surface area contributed by atoms with Crippen LogP contribution in [0.1, 0.15) is 24.4 Å². The number of sulfonamides is 1. The third kappa shape index (κ3) is 4.61. The van der Waals surface area contributed by atoms with Gasteiger partial charge in [0.1, 0.15) is 5.75 Å². The van der Waals surface area contributed by atoms with Crippen molar-refractivity contribution in [2.45, 2.75) is 23.8 Å². The van der Waals surface area contributed by atoms with Crippen LogP contribution < -0.4 is 14.8 Å². The topological polar surface area (TPSA) is 84.5 Å². The van der Waals surface area contributed by atoms with E-state index in [1.165, 1.54) is 0 Å². The fourth-order valence-electron chi connectivity index (χ4n) is 2.78. The Balaban J connectivity index is 1.55. The molecular formula is C18H18F2N2O4S. The zero-order valence-electron chi connectivity index (χ0n) is 14.2. The lowest BCUT2D eigenvalue weighted by atomic mass is 10.0. The molecule has 1 amide bonds. The number of ether oxygens (including phenoxy) is 1. The molecule has 2 aromatic rings. The summed E-state index contributed by atoms with van der Waals surface area (Å²) < 4.78 is 58.0. The number of hydrogen-bond donors (Lipinski definition) is 2. The fourth-order valence-corrected chi connectivity index (χ4v) is 3.83. The van der Waals surface area contributed by atoms with Gasteiger partial charge >= 0.3 is 0 Å². The predicted molar refractivity (Wildman–Crippen MR) is 93.6 cm³/mol. The molecule has 1 unspecified atom stereocenters. The molecule has 0 radical (unpaired) electrons. The van der Waals surface area contributed by atoms with Gasteiger partial charge in [-0.15, -0.1) is 0 Å². The predicted octanol–water partition coefficient (Wildman–Crippen LogP) is 2.27. The van der Waals surface area contributed by atoms with E-state index >= 15 is 0 Å². The van der Waals surface area contributed by atoms with Gasteiger partial charge in [0.15, 0.2) is 11.6 Å². The van der Waals surface area contributed by atoms with Gasteiger partial charge in [-0.05, 0) is 24.3 Å². The standard InChI is InChI=1S/C18H18F2N2O4S/c19-14-6-5-12(11-15(14)20)27(24,25)21-9-7-18(23)22-16-8-10-26-17-4-2-1-3-13(16)17/h1-6,11,16,21H,7-10H2,(H,22,23). The Morgan fingerprint density at radius 3 is 2.70 bits per heavy atom. The average molecular weight is 396 g/mol. The maximum atomic E-state index is 13.2. The van der Waals surface area contributed by atoms with E-state index in [1.807, 2.05) is 24.3 Å². The van der Waals surface area contributed by atoms with Crippen molar-refractivity contribution in [3.05, 3.63) is 59.7 Å². The molecule has 2 aromatic carbocycles. The zero-order chi connectivity index (χ0) is 19.4. The van der Waals surface area contributed by atoms with Gasteiger partial charge in [-0.25, -0.2) is 21.9 Å². The monoisotopic (exact) mass is 396 g/mol. The minimum atomic E-state index is -4.03. The molecule has 0 spiro atoms. The summed E-state index contributed by atoms with van der Waals surface area (Å²) in [6.45, 7) is 0.308. The largest absolute Gasteiger partial charge is 0.493 e. The van der Waals surface area contributed by atoms with Crippen molar-refractivity contribution in [2.24, 2.45) is 0 Å². The summed E-state index contributed by atoms with van der Waals surface area (Å²) in [6.07, 6.45) is 0.520. The molecule has 0 fully saturated rings. The van der Waals surface area contributed by atoms with E-state index in [0.717, 1.165) is 17.7 Å². The fraction of sp³-hybridized carbons (Fsp3) is 0.278. The number of carbonyl (C=O) groups is 1. The minimum Gasteiger partial charge on any atom is -0.493 e. The molecule has 3 rings (SSSR count). The molecule has 6 nitrogen and oxygen atoms in total. The molecule has 1 aliphatic heterocycles. The van der Waals surface area contributed by atoms with E-state index < -0.39 is 26.6 Å². The van der Waals surface area contributed by atoms with Crippen LogP contribution in [0.3, 0.4) is 0 Å². The van der Waals surface area contributed by atoms with Gasteiger partial charge in [-0.2, -0.15) is 0 Å². The van der Waals surface area contributed by atoms with Gasteiger partial charge in [0, 0.05) is 24.9 Å². The molecule has 0 saturated carbocycles. The summed E-state index contributed by atoms with van der Waals surface area (Å²) in [5.74, 6) is -2.00. The van der Waals surface area contributed by atoms with Crippen LogP contribution in [0.4, 0.5) is 8.78 Å². The highest BCUT2D eigenvalue weighted by atomic mass is 32.2. The Hall–Kier alpha value is -2.52. The molecular weight excluding hydrogens is 378 g/mol. The van der Waals surface area contributed by atoms with E-state index in [1.54, 1.807) is 0 Å². The molecule has 2 N–H and O–H groups in total. The summed E-state index contributed by atoms with van der Waals surface area (Å²) in [4.78, 5) is 11.7. The Morgan fingerprint density at radius 1 is 1.15 bits per heavy atom. The number of fused-ring (bicyclic) bond motifs is 1. The van der Waals surface area contributed by atoms with Crippen LogP contribution in [0.2, 0.25) is 0 Å². The molecule has 0 aliphatic carbocycles. The normalized spacial score (nSPS) is 16.3. The highest BCUT2D eigenvalue weighted by molar-refractivity contribution is 7.89. The highest BCUT2D eigenvalue weighted by Crippen LogP contribution is 2.31. The molecule has 9 heteroatoms. The van der Waals surface area contributed by atoms with Gasteiger partial charge in [-0.1, -0.05) is 18.2 Å². The van der Waals surface area contributed by atoms with E-state index in [2.05, 4.69) is 10.0 Å². The zero-order valence-corrected chi connectivity index (χ0v) is 15.1. The lowest BCUT2D eigenvalue weighted by Gasteiger charge is -2.26. The van der Waals surface area contributed by atoms with Crippen molar-refractivity contribution in [2.75, 3.05) is 13.2 Å². The summed E-state index contributed by atoms with van der Waals surface area (Å²) in [7, 11) is -4.03. The number of rotatable bonds is 6. The molecule has 0 aromatic heterocycles. The van der Waals surface area contributed by atoms with Crippen LogP contribution in [0, 0.1) is 11.6 Å². The average Bonchev–Trinajstić information content (AvgIpc) is 2.64. The van der Waals surface area contributed by atoms with Crippen LogP contribution in [-0.4, -0.2) is 27.5 Å². The third-order valence-corrected chi connectivity index (χ3v) is 5.60. The SMILES string of the molecule is O=C(CCNS(=O)(=O)c1ccc(F)c(F)c1)NC1CCOc2ccccc21. The second-order valence-electron chi connectivity index (χ2n) is 6.02. The van der Waals surface area contributed by atoms with Gasteiger partial charge in [-0.3, -0.25) is 4.79 Å². The lowest BCUT2D eigenvalue weighted by Crippen LogP contribution is -2.35. The summed E-state index contributed by atoms with van der Waals surface area (Å²) in [6, 6.07) is 9.47. The second-order valence-corrected chi connectivity index (χ2v) is 7.79. The quantitative estimate of drug-likeness (QED) is 0.785. The van der Waals surface area contributed by atoms with Gasteiger partial charge in [0.05, 0.1) is 17.5 Å². The molecule has 144 valence electrons. The number of carbonyl (C=O) groups excluding carboxylic acids is 1. The van der Waals surface area contributed by atoms with Crippen molar-refractivity contribution < 1.29 is 26.7 Å². The number of benzene rings is 2. The van der Waals surface area contributed by atoms with Crippen molar-refractivity contribution in [3.8, 4) is 5.75 Å². The number of hydrogen-bond acceptors (Lipinski definition) is 4. The molecule has 0 saturated heterocycles. The summed E-state index contributed by atoms with van der Waals surface area (Å²) in [5.41, 5.74) is 0.875. The van der Waals surface area contributed by atoms with Crippen molar-refractivity contribution in [3.63, 3.8) is 0 Å². The molecule has 1 atom stereocenters. The van der Waals surface area contributed by atoms with Crippen LogP contribution in [0.5, 0.6) is 5.75 Å². The van der Waals surface area contributed by atoms with Crippen molar-refractivity contribution in [1.82, 2.24) is 10.0 Å². The van der Waals surface area contributed by atoms with Crippen LogP contribution in [-0.2, 0) is 14.8 Å². The first kappa shape index (κ1) is 19.2.